The Balaban J connectivity index is 1.61. The number of hydrogen-bond acceptors (Lipinski definition) is 6. The fourth-order valence-electron chi connectivity index (χ4n) is 7.09. The van der Waals surface area contributed by atoms with Gasteiger partial charge < -0.3 is 14.5 Å². The maximum Gasteiger partial charge on any atom is 0.300 e. The number of ether oxygens (including phenoxy) is 1. The van der Waals surface area contributed by atoms with Crippen molar-refractivity contribution in [2.24, 2.45) is 0 Å². The van der Waals surface area contributed by atoms with Crippen LogP contribution in [0.1, 0.15) is 43.5 Å². The Morgan fingerprint density at radius 2 is 1.89 bits per heavy atom. The summed E-state index contributed by atoms with van der Waals surface area (Å²) in [4.78, 5) is 35.6. The molecule has 2 atom stereocenters. The second kappa shape index (κ2) is 10.8. The largest absolute Gasteiger partial charge is 0.484 e. The van der Waals surface area contributed by atoms with Gasteiger partial charge in [-0.1, -0.05) is 26.5 Å². The molecule has 5 heterocycles. The van der Waals surface area contributed by atoms with Crippen LogP contribution in [0, 0.1) is 25.5 Å². The Morgan fingerprint density at radius 3 is 2.63 bits per heavy atom. The third-order valence-corrected chi connectivity index (χ3v) is 9.30. The number of aryl methyl sites for hydroxylation is 2. The number of fused-ring (bicyclic) bond motifs is 6. The quantitative estimate of drug-likeness (QED) is 0.249. The van der Waals surface area contributed by atoms with Gasteiger partial charge in [0.1, 0.15) is 12.4 Å². The minimum Gasteiger partial charge on any atom is -0.484 e. The Morgan fingerprint density at radius 1 is 1.11 bits per heavy atom. The summed E-state index contributed by atoms with van der Waals surface area (Å²) >= 11 is 0. The van der Waals surface area contributed by atoms with Crippen LogP contribution in [0.5, 0.6) is 5.75 Å². The van der Waals surface area contributed by atoms with Crippen LogP contribution in [0.2, 0.25) is 0 Å². The summed E-state index contributed by atoms with van der Waals surface area (Å²) in [6.07, 6.45) is 4.48. The fourth-order valence-corrected chi connectivity index (χ4v) is 7.09. The molecule has 1 fully saturated rings. The summed E-state index contributed by atoms with van der Waals surface area (Å²) in [7, 11) is 0. The van der Waals surface area contributed by atoms with Crippen LogP contribution in [-0.4, -0.2) is 62.3 Å². The van der Waals surface area contributed by atoms with Crippen LogP contribution in [0.25, 0.3) is 38.6 Å². The van der Waals surface area contributed by atoms with Crippen LogP contribution >= 0.6 is 0 Å². The normalized spacial score (nSPS) is 17.7. The molecule has 0 aliphatic carbocycles. The van der Waals surface area contributed by atoms with Crippen molar-refractivity contribution in [1.82, 2.24) is 24.6 Å². The van der Waals surface area contributed by atoms with Crippen LogP contribution in [0.4, 0.5) is 14.5 Å². The van der Waals surface area contributed by atoms with Gasteiger partial charge in [0.25, 0.3) is 5.56 Å². The van der Waals surface area contributed by atoms with E-state index in [1.807, 2.05) is 38.7 Å². The van der Waals surface area contributed by atoms with E-state index in [2.05, 4.69) is 21.8 Å². The Hall–Kier alpha value is -5.06. The number of nitrogens with one attached hydrogen (secondary N) is 1. The Kier molecular flexibility index (Phi) is 6.95. The van der Waals surface area contributed by atoms with E-state index in [1.54, 1.807) is 36.4 Å². The summed E-state index contributed by atoms with van der Waals surface area (Å²) in [6, 6.07) is 6.07. The molecule has 11 heteroatoms. The third kappa shape index (κ3) is 4.24. The lowest BCUT2D eigenvalue weighted by atomic mass is 9.93. The van der Waals surface area contributed by atoms with Gasteiger partial charge in [-0.15, -0.1) is 0 Å². The number of aromatic nitrogens is 4. The lowest BCUT2D eigenvalue weighted by Crippen LogP contribution is -2.62. The lowest BCUT2D eigenvalue weighted by molar-refractivity contribution is -0.129. The SMILES string of the molecule is C=CC(=O)N1CC2COc3c(c4cc(F)c(-c5c(C)ccc6[nH]ncc56)c(F)c4n(-c4c(C)ccnc4C(C)C)c3=O)N2CC1C. The van der Waals surface area contributed by atoms with E-state index in [0.717, 1.165) is 0 Å². The first-order valence-electron chi connectivity index (χ1n) is 15.4. The molecule has 2 aliphatic rings. The second-order valence-corrected chi connectivity index (χ2v) is 12.5. The molecular formula is C35H34F2N6O3. The summed E-state index contributed by atoms with van der Waals surface area (Å²) in [5.74, 6) is -1.97. The van der Waals surface area contributed by atoms with Gasteiger partial charge in [-0.2, -0.15) is 5.10 Å². The van der Waals surface area contributed by atoms with E-state index < -0.39 is 17.2 Å². The zero-order chi connectivity index (χ0) is 32.6. The minimum atomic E-state index is -0.875. The highest BCUT2D eigenvalue weighted by Gasteiger charge is 2.41. The van der Waals surface area contributed by atoms with Crippen molar-refractivity contribution in [3.05, 3.63) is 88.1 Å². The number of aromatic amines is 1. The first-order valence-corrected chi connectivity index (χ1v) is 15.4. The highest BCUT2D eigenvalue weighted by Crippen LogP contribution is 2.45. The molecule has 1 N–H and O–H groups in total. The molecule has 2 unspecified atom stereocenters. The predicted octanol–water partition coefficient (Wildman–Crippen LogP) is 5.93. The number of nitrogens with zero attached hydrogens (tertiary/aromatic N) is 5. The van der Waals surface area contributed by atoms with Crippen LogP contribution in [0.15, 0.2) is 54.1 Å². The number of H-pyrrole nitrogens is 1. The molecule has 1 amide bonds. The van der Waals surface area contributed by atoms with Crippen LogP contribution in [-0.2, 0) is 4.79 Å². The average Bonchev–Trinajstić information content (AvgIpc) is 3.51. The molecule has 2 aliphatic heterocycles. The molecule has 2 aromatic carbocycles. The third-order valence-electron chi connectivity index (χ3n) is 9.30. The monoisotopic (exact) mass is 624 g/mol. The molecule has 0 saturated carbocycles. The van der Waals surface area contributed by atoms with Gasteiger partial charge in [0, 0.05) is 41.7 Å². The van der Waals surface area contributed by atoms with Gasteiger partial charge >= 0.3 is 0 Å². The van der Waals surface area contributed by atoms with Gasteiger partial charge in [0.15, 0.2) is 5.82 Å². The van der Waals surface area contributed by atoms with E-state index in [0.29, 0.717) is 57.8 Å². The number of halogens is 2. The average molecular weight is 625 g/mol. The lowest BCUT2D eigenvalue weighted by Gasteiger charge is -2.48. The van der Waals surface area contributed by atoms with E-state index in [9.17, 15) is 9.59 Å². The maximum absolute atomic E-state index is 17.5. The number of piperazine rings is 1. The number of anilines is 1. The second-order valence-electron chi connectivity index (χ2n) is 12.5. The van der Waals surface area contributed by atoms with Crippen molar-refractivity contribution in [1.29, 1.82) is 0 Å². The van der Waals surface area contributed by atoms with Gasteiger partial charge in [-0.05, 0) is 62.1 Å². The van der Waals surface area contributed by atoms with Gasteiger partial charge in [0.2, 0.25) is 11.7 Å². The first-order chi connectivity index (χ1) is 22.0. The molecule has 0 radical (unpaired) electrons. The summed E-state index contributed by atoms with van der Waals surface area (Å²) in [5, 5.41) is 7.76. The molecule has 7 rings (SSSR count). The molecule has 236 valence electrons. The van der Waals surface area contributed by atoms with Crippen molar-refractivity contribution < 1.29 is 18.3 Å². The van der Waals surface area contributed by atoms with Crippen molar-refractivity contribution in [2.45, 2.75) is 52.6 Å². The number of benzene rings is 2. The topological polar surface area (TPSA) is 96.3 Å². The van der Waals surface area contributed by atoms with Gasteiger partial charge in [-0.3, -0.25) is 24.2 Å². The minimum absolute atomic E-state index is 0.0112. The van der Waals surface area contributed by atoms with E-state index >= 15 is 8.78 Å². The molecule has 5 aromatic rings. The maximum atomic E-state index is 17.5. The van der Waals surface area contributed by atoms with E-state index in [4.69, 9.17) is 4.74 Å². The number of carbonyl (C=O) groups excluding carboxylic acids is 1. The smallest absolute Gasteiger partial charge is 0.300 e. The Bertz CT molecular complexity index is 2150. The predicted molar refractivity (Wildman–Crippen MR) is 174 cm³/mol. The highest BCUT2D eigenvalue weighted by atomic mass is 19.1. The van der Waals surface area contributed by atoms with Crippen LogP contribution < -0.4 is 15.2 Å². The van der Waals surface area contributed by atoms with Crippen molar-refractivity contribution >= 4 is 33.4 Å². The number of hydrogen-bond donors (Lipinski definition) is 1. The van der Waals surface area contributed by atoms with Crippen molar-refractivity contribution in [3.8, 4) is 22.6 Å². The van der Waals surface area contributed by atoms with Gasteiger partial charge in [-0.25, -0.2) is 8.78 Å². The van der Waals surface area contributed by atoms with Crippen molar-refractivity contribution in [2.75, 3.05) is 24.6 Å². The standard InChI is InChI=1S/C35H34F2N6O3/c1-7-26(44)41-15-21-16-46-34-33(42(21)14-20(41)6)22-12-24(36)28(27-18(4)8-9-25-23(27)13-39-40-25)29(37)32(22)43(35(34)45)31-19(5)10-11-38-30(31)17(2)3/h7-13,17,20-21H,1,14-16H2,2-6H3,(H,39,40). The van der Waals surface area contributed by atoms with E-state index in [-0.39, 0.29) is 52.7 Å². The number of rotatable bonds is 4. The number of pyridine rings is 2. The molecule has 46 heavy (non-hydrogen) atoms. The molecular weight excluding hydrogens is 590 g/mol. The molecule has 9 nitrogen and oxygen atoms in total. The molecule has 0 bridgehead atoms. The number of amides is 1. The zero-order valence-electron chi connectivity index (χ0n) is 26.3. The van der Waals surface area contributed by atoms with Crippen molar-refractivity contribution in [3.63, 3.8) is 0 Å². The number of carbonyl (C=O) groups is 1. The van der Waals surface area contributed by atoms with E-state index in [1.165, 1.54) is 16.7 Å². The molecule has 0 spiro atoms. The highest BCUT2D eigenvalue weighted by molar-refractivity contribution is 6.03. The summed E-state index contributed by atoms with van der Waals surface area (Å²) in [6.45, 7) is 13.8. The summed E-state index contributed by atoms with van der Waals surface area (Å²) < 4.78 is 41.6. The Labute approximate surface area is 264 Å². The fraction of sp³-hybridized carbons (Fsp3) is 0.314. The van der Waals surface area contributed by atoms with Crippen LogP contribution in [0.3, 0.4) is 0 Å². The summed E-state index contributed by atoms with van der Waals surface area (Å²) in [5.41, 5.74) is 2.81. The van der Waals surface area contributed by atoms with Gasteiger partial charge in [0.05, 0.1) is 45.9 Å². The first kappa shape index (κ1) is 29.6. The molecule has 3 aromatic heterocycles. The zero-order valence-corrected chi connectivity index (χ0v) is 26.3. The molecule has 1 saturated heterocycles.